The largest absolute Gasteiger partial charge is 0.356 e. The topological polar surface area (TPSA) is 86.4 Å². The first kappa shape index (κ1) is 19.5. The maximum Gasteiger partial charge on any atom is 0.253 e. The fourth-order valence-corrected chi connectivity index (χ4v) is 6.81. The van der Waals surface area contributed by atoms with Crippen LogP contribution in [0.5, 0.6) is 0 Å². The molecule has 0 aliphatic carbocycles. The maximum absolute atomic E-state index is 13.1. The molecule has 4 aromatic rings. The summed E-state index contributed by atoms with van der Waals surface area (Å²) >= 11 is 7.18. The zero-order valence-electron chi connectivity index (χ0n) is 15.7. The van der Waals surface area contributed by atoms with Gasteiger partial charge in [0.2, 0.25) is 5.91 Å². The normalized spacial score (nSPS) is 16.0. The van der Waals surface area contributed by atoms with Gasteiger partial charge in [-0.3, -0.25) is 9.78 Å². The SMILES string of the molecule is O=C1CN(S(=O)(=O)c2cc3ccc(Cl)cc3s2)CCN1Cc1cc2ncccc2[nH]1. The van der Waals surface area contributed by atoms with E-state index >= 15 is 0 Å². The molecule has 1 aromatic carbocycles. The summed E-state index contributed by atoms with van der Waals surface area (Å²) < 4.78 is 28.5. The number of carbonyl (C=O) groups is 1. The van der Waals surface area contributed by atoms with Crippen LogP contribution in [0.4, 0.5) is 0 Å². The van der Waals surface area contributed by atoms with Crippen molar-refractivity contribution in [1.82, 2.24) is 19.2 Å². The standard InChI is InChI=1S/C20H17ClN4O3S2/c21-14-4-3-13-8-20(29-18(13)9-14)30(27,28)25-7-6-24(19(26)12-25)11-15-10-17-16(23-15)2-1-5-22-17/h1-5,8-10,23H,6-7,11-12H2. The van der Waals surface area contributed by atoms with E-state index in [1.165, 1.54) is 15.6 Å². The highest BCUT2D eigenvalue weighted by Gasteiger charge is 2.34. The van der Waals surface area contributed by atoms with Crippen LogP contribution in [0.1, 0.15) is 5.69 Å². The van der Waals surface area contributed by atoms with Gasteiger partial charge in [-0.15, -0.1) is 11.3 Å². The highest BCUT2D eigenvalue weighted by atomic mass is 35.5. The fraction of sp³-hybridized carbons (Fsp3) is 0.200. The van der Waals surface area contributed by atoms with Gasteiger partial charge < -0.3 is 9.88 Å². The molecule has 1 N–H and O–H groups in total. The average molecular weight is 461 g/mol. The van der Waals surface area contributed by atoms with Crippen LogP contribution in [0.15, 0.2) is 52.9 Å². The second-order valence-electron chi connectivity index (χ2n) is 7.13. The Kier molecular flexibility index (Phi) is 4.78. The van der Waals surface area contributed by atoms with Gasteiger partial charge in [0.15, 0.2) is 0 Å². The Morgan fingerprint density at radius 2 is 2.03 bits per heavy atom. The van der Waals surface area contributed by atoms with Gasteiger partial charge >= 0.3 is 0 Å². The number of sulfonamides is 1. The van der Waals surface area contributed by atoms with Crippen molar-refractivity contribution in [3.8, 4) is 0 Å². The molecule has 1 fully saturated rings. The molecule has 0 bridgehead atoms. The van der Waals surface area contributed by atoms with E-state index in [4.69, 9.17) is 11.6 Å². The van der Waals surface area contributed by atoms with Crippen molar-refractivity contribution in [2.24, 2.45) is 0 Å². The fourth-order valence-electron chi connectivity index (χ4n) is 3.60. The van der Waals surface area contributed by atoms with Crippen LogP contribution < -0.4 is 0 Å². The van der Waals surface area contributed by atoms with Crippen molar-refractivity contribution in [3.63, 3.8) is 0 Å². The molecule has 4 heterocycles. The lowest BCUT2D eigenvalue weighted by Gasteiger charge is -2.33. The first-order chi connectivity index (χ1) is 14.4. The number of thiophene rings is 1. The van der Waals surface area contributed by atoms with E-state index in [0.717, 1.165) is 26.8 Å². The van der Waals surface area contributed by atoms with Gasteiger partial charge in [0.05, 0.1) is 24.1 Å². The number of fused-ring (bicyclic) bond motifs is 2. The van der Waals surface area contributed by atoms with Crippen molar-refractivity contribution >= 4 is 60.0 Å². The number of aromatic amines is 1. The first-order valence-corrected chi connectivity index (χ1v) is 11.9. The summed E-state index contributed by atoms with van der Waals surface area (Å²) in [4.78, 5) is 21.9. The van der Waals surface area contributed by atoms with Crippen LogP contribution in [-0.4, -0.2) is 53.1 Å². The highest BCUT2D eigenvalue weighted by Crippen LogP contribution is 2.33. The van der Waals surface area contributed by atoms with E-state index in [1.807, 2.05) is 18.2 Å². The number of nitrogens with zero attached hydrogens (tertiary/aromatic N) is 3. The molecule has 1 aliphatic heterocycles. The number of hydrogen-bond donors (Lipinski definition) is 1. The molecule has 1 saturated heterocycles. The van der Waals surface area contributed by atoms with E-state index < -0.39 is 10.0 Å². The Morgan fingerprint density at radius 3 is 2.83 bits per heavy atom. The lowest BCUT2D eigenvalue weighted by atomic mass is 10.3. The van der Waals surface area contributed by atoms with Gasteiger partial charge in [0.25, 0.3) is 10.0 Å². The molecule has 3 aromatic heterocycles. The molecule has 0 atom stereocenters. The summed E-state index contributed by atoms with van der Waals surface area (Å²) in [6.07, 6.45) is 1.72. The minimum Gasteiger partial charge on any atom is -0.356 e. The number of hydrogen-bond acceptors (Lipinski definition) is 5. The van der Waals surface area contributed by atoms with E-state index in [2.05, 4.69) is 9.97 Å². The molecule has 7 nitrogen and oxygen atoms in total. The Labute approximate surface area is 181 Å². The molecule has 1 aliphatic rings. The Bertz CT molecular complexity index is 1350. The summed E-state index contributed by atoms with van der Waals surface area (Å²) in [5.74, 6) is -0.222. The molecule has 1 amide bonds. The molecule has 0 saturated carbocycles. The van der Waals surface area contributed by atoms with Gasteiger partial charge in [0, 0.05) is 34.7 Å². The van der Waals surface area contributed by atoms with Crippen LogP contribution in [0.3, 0.4) is 0 Å². The third-order valence-electron chi connectivity index (χ3n) is 5.14. The van der Waals surface area contributed by atoms with Crippen LogP contribution in [0.25, 0.3) is 21.1 Å². The number of piperazine rings is 1. The molecule has 5 rings (SSSR count). The van der Waals surface area contributed by atoms with Gasteiger partial charge in [-0.2, -0.15) is 4.31 Å². The number of aromatic nitrogens is 2. The molecular formula is C20H17ClN4O3S2. The lowest BCUT2D eigenvalue weighted by molar-refractivity contribution is -0.134. The van der Waals surface area contributed by atoms with E-state index in [9.17, 15) is 13.2 Å². The van der Waals surface area contributed by atoms with Crippen molar-refractivity contribution in [3.05, 3.63) is 59.4 Å². The van der Waals surface area contributed by atoms with Crippen LogP contribution >= 0.6 is 22.9 Å². The minimum atomic E-state index is -3.74. The minimum absolute atomic E-state index is 0.171. The molecule has 0 radical (unpaired) electrons. The third kappa shape index (κ3) is 3.47. The maximum atomic E-state index is 13.1. The number of rotatable bonds is 4. The number of H-pyrrole nitrogens is 1. The molecule has 0 spiro atoms. The predicted octanol–water partition coefficient (Wildman–Crippen LogP) is 3.46. The second kappa shape index (κ2) is 7.35. The molecule has 10 heteroatoms. The molecule has 30 heavy (non-hydrogen) atoms. The smallest absolute Gasteiger partial charge is 0.253 e. The Balaban J connectivity index is 1.33. The number of carbonyl (C=O) groups excluding carboxylic acids is 1. The lowest BCUT2D eigenvalue weighted by Crippen LogP contribution is -2.51. The Hall–Kier alpha value is -2.46. The van der Waals surface area contributed by atoms with Gasteiger partial charge in [-0.25, -0.2) is 8.42 Å². The van der Waals surface area contributed by atoms with Crippen LogP contribution in [0.2, 0.25) is 5.02 Å². The van der Waals surface area contributed by atoms with Crippen molar-refractivity contribution in [2.75, 3.05) is 19.6 Å². The molecule has 0 unspecified atom stereocenters. The Morgan fingerprint density at radius 1 is 1.17 bits per heavy atom. The summed E-state index contributed by atoms with van der Waals surface area (Å²) in [7, 11) is -3.74. The first-order valence-electron chi connectivity index (χ1n) is 9.30. The predicted molar refractivity (Wildman–Crippen MR) is 117 cm³/mol. The van der Waals surface area contributed by atoms with Crippen molar-refractivity contribution < 1.29 is 13.2 Å². The number of amides is 1. The summed E-state index contributed by atoms with van der Waals surface area (Å²) in [6.45, 7) is 0.805. The van der Waals surface area contributed by atoms with E-state index in [-0.39, 0.29) is 23.2 Å². The van der Waals surface area contributed by atoms with Crippen molar-refractivity contribution in [1.29, 1.82) is 0 Å². The van der Waals surface area contributed by atoms with Crippen LogP contribution in [0, 0.1) is 0 Å². The van der Waals surface area contributed by atoms with Crippen molar-refractivity contribution in [2.45, 2.75) is 10.8 Å². The summed E-state index contributed by atoms with van der Waals surface area (Å²) in [5.41, 5.74) is 2.62. The zero-order chi connectivity index (χ0) is 20.9. The van der Waals surface area contributed by atoms with Crippen LogP contribution in [-0.2, 0) is 21.4 Å². The van der Waals surface area contributed by atoms with E-state index in [1.54, 1.807) is 35.4 Å². The van der Waals surface area contributed by atoms with Gasteiger partial charge in [-0.05, 0) is 41.8 Å². The van der Waals surface area contributed by atoms with Gasteiger partial charge in [-0.1, -0.05) is 17.7 Å². The quantitative estimate of drug-likeness (QED) is 0.505. The number of halogens is 1. The number of benzene rings is 1. The monoisotopic (exact) mass is 460 g/mol. The molecular weight excluding hydrogens is 444 g/mol. The summed E-state index contributed by atoms with van der Waals surface area (Å²) in [5, 5.41) is 1.38. The van der Waals surface area contributed by atoms with E-state index in [0.29, 0.717) is 18.1 Å². The second-order valence-corrected chi connectivity index (χ2v) is 10.8. The highest BCUT2D eigenvalue weighted by molar-refractivity contribution is 7.91. The third-order valence-corrected chi connectivity index (χ3v) is 8.77. The zero-order valence-corrected chi connectivity index (χ0v) is 18.1. The average Bonchev–Trinajstić information content (AvgIpc) is 3.32. The number of nitrogens with one attached hydrogen (secondary N) is 1. The molecule has 154 valence electrons. The number of pyridine rings is 1. The van der Waals surface area contributed by atoms with Gasteiger partial charge in [0.1, 0.15) is 4.21 Å². The summed E-state index contributed by atoms with van der Waals surface area (Å²) in [6, 6.07) is 12.6.